The number of hydrogen-bond acceptors (Lipinski definition) is 3. The molecular formula is C12H14NO3. The molecule has 0 fully saturated rings. The van der Waals surface area contributed by atoms with Gasteiger partial charge in [-0.1, -0.05) is 24.3 Å². The van der Waals surface area contributed by atoms with Crippen molar-refractivity contribution < 1.29 is 14.3 Å². The van der Waals surface area contributed by atoms with Crippen molar-refractivity contribution in [3.05, 3.63) is 35.4 Å². The van der Waals surface area contributed by atoms with Crippen LogP contribution in [0.4, 0.5) is 0 Å². The Morgan fingerprint density at radius 1 is 1.31 bits per heavy atom. The maximum Gasteiger partial charge on any atom is 0.309 e. The molecule has 0 atom stereocenters. The number of esters is 1. The highest BCUT2D eigenvalue weighted by molar-refractivity contribution is 5.65. The van der Waals surface area contributed by atoms with Gasteiger partial charge in [0.05, 0.1) is 6.61 Å². The van der Waals surface area contributed by atoms with Crippen LogP contribution in [0, 0.1) is 0 Å². The molecule has 0 saturated heterocycles. The molecule has 0 aliphatic rings. The van der Waals surface area contributed by atoms with E-state index >= 15 is 0 Å². The van der Waals surface area contributed by atoms with E-state index in [-0.39, 0.29) is 5.97 Å². The van der Waals surface area contributed by atoms with Crippen molar-refractivity contribution in [3.63, 3.8) is 0 Å². The Morgan fingerprint density at radius 2 is 1.94 bits per heavy atom. The quantitative estimate of drug-likeness (QED) is 0.573. The van der Waals surface area contributed by atoms with Crippen LogP contribution in [0.15, 0.2) is 24.3 Å². The van der Waals surface area contributed by atoms with Gasteiger partial charge >= 0.3 is 12.4 Å². The fourth-order valence-corrected chi connectivity index (χ4v) is 1.27. The molecule has 4 heteroatoms. The number of rotatable bonds is 6. The number of ether oxygens (including phenoxy) is 1. The third-order valence-corrected chi connectivity index (χ3v) is 2.08. The zero-order valence-electron chi connectivity index (χ0n) is 9.16. The van der Waals surface area contributed by atoms with Gasteiger partial charge in [0.2, 0.25) is 0 Å². The maximum atomic E-state index is 10.5. The SMILES string of the molecule is CC(=O)OCCc1ccc(CN[C]=O)cc1. The van der Waals surface area contributed by atoms with Crippen molar-refractivity contribution >= 4 is 12.4 Å². The lowest BCUT2D eigenvalue weighted by molar-refractivity contribution is -0.140. The average Bonchev–Trinajstić information content (AvgIpc) is 2.27. The van der Waals surface area contributed by atoms with Crippen molar-refractivity contribution in [2.75, 3.05) is 6.61 Å². The summed E-state index contributed by atoms with van der Waals surface area (Å²) in [5.41, 5.74) is 2.11. The summed E-state index contributed by atoms with van der Waals surface area (Å²) in [6, 6.07) is 7.75. The molecule has 1 rings (SSSR count). The van der Waals surface area contributed by atoms with Crippen molar-refractivity contribution in [3.8, 4) is 0 Å². The summed E-state index contributed by atoms with van der Waals surface area (Å²) in [4.78, 5) is 20.5. The fourth-order valence-electron chi connectivity index (χ4n) is 1.27. The van der Waals surface area contributed by atoms with Crippen molar-refractivity contribution in [1.82, 2.24) is 5.32 Å². The van der Waals surface area contributed by atoms with Crippen LogP contribution in [0.3, 0.4) is 0 Å². The van der Waals surface area contributed by atoms with E-state index in [1.54, 1.807) is 6.41 Å². The Bertz CT molecular complexity index is 346. The largest absolute Gasteiger partial charge is 0.466 e. The molecule has 0 aromatic heterocycles. The van der Waals surface area contributed by atoms with Gasteiger partial charge in [-0.15, -0.1) is 0 Å². The molecule has 1 N–H and O–H groups in total. The first-order valence-corrected chi connectivity index (χ1v) is 5.03. The number of hydrogen-bond donors (Lipinski definition) is 1. The Hall–Kier alpha value is -1.84. The van der Waals surface area contributed by atoms with Crippen LogP contribution in [0.5, 0.6) is 0 Å². The van der Waals surface area contributed by atoms with Gasteiger partial charge in [0, 0.05) is 19.9 Å². The minimum atomic E-state index is -0.262. The third-order valence-electron chi connectivity index (χ3n) is 2.08. The summed E-state index contributed by atoms with van der Waals surface area (Å²) < 4.78 is 4.84. The van der Waals surface area contributed by atoms with E-state index < -0.39 is 0 Å². The number of nitrogens with one attached hydrogen (secondary N) is 1. The van der Waals surface area contributed by atoms with E-state index in [0.29, 0.717) is 19.6 Å². The average molecular weight is 220 g/mol. The summed E-state index contributed by atoms with van der Waals surface area (Å²) in [5.74, 6) is -0.262. The van der Waals surface area contributed by atoms with Crippen LogP contribution >= 0.6 is 0 Å². The first kappa shape index (κ1) is 12.2. The van der Waals surface area contributed by atoms with Gasteiger partial charge in [-0.2, -0.15) is 0 Å². The van der Waals surface area contributed by atoms with Gasteiger partial charge in [-0.25, -0.2) is 0 Å². The second-order valence-corrected chi connectivity index (χ2v) is 3.36. The second-order valence-electron chi connectivity index (χ2n) is 3.36. The normalized spacial score (nSPS) is 9.56. The Morgan fingerprint density at radius 3 is 2.50 bits per heavy atom. The summed E-state index contributed by atoms with van der Waals surface area (Å²) in [6.45, 7) is 2.27. The minimum Gasteiger partial charge on any atom is -0.466 e. The fraction of sp³-hybridized carbons (Fsp3) is 0.333. The predicted molar refractivity (Wildman–Crippen MR) is 59.3 cm³/mol. The lowest BCUT2D eigenvalue weighted by Gasteiger charge is -2.04. The molecule has 1 radical (unpaired) electrons. The molecule has 0 saturated carbocycles. The van der Waals surface area contributed by atoms with Crippen LogP contribution < -0.4 is 5.32 Å². The van der Waals surface area contributed by atoms with E-state index in [2.05, 4.69) is 5.32 Å². The van der Waals surface area contributed by atoms with Gasteiger partial charge in [0.25, 0.3) is 0 Å². The molecule has 16 heavy (non-hydrogen) atoms. The molecule has 0 aliphatic heterocycles. The molecule has 1 aromatic carbocycles. The second kappa shape index (κ2) is 6.61. The highest BCUT2D eigenvalue weighted by Crippen LogP contribution is 2.05. The number of carbonyl (C=O) groups excluding carboxylic acids is 2. The first-order valence-electron chi connectivity index (χ1n) is 5.03. The van der Waals surface area contributed by atoms with Crippen molar-refractivity contribution in [2.24, 2.45) is 0 Å². The van der Waals surface area contributed by atoms with Crippen LogP contribution in [0.1, 0.15) is 18.1 Å². The van der Waals surface area contributed by atoms with Gasteiger partial charge in [-0.3, -0.25) is 9.59 Å². The predicted octanol–water partition coefficient (Wildman–Crippen LogP) is 0.949. The smallest absolute Gasteiger partial charge is 0.309 e. The topological polar surface area (TPSA) is 55.4 Å². The molecule has 4 nitrogen and oxygen atoms in total. The van der Waals surface area contributed by atoms with E-state index in [9.17, 15) is 9.59 Å². The number of carbonyl (C=O) groups is 1. The van der Waals surface area contributed by atoms with Crippen LogP contribution in [0.2, 0.25) is 0 Å². The van der Waals surface area contributed by atoms with Gasteiger partial charge in [0.1, 0.15) is 0 Å². The van der Waals surface area contributed by atoms with E-state index in [4.69, 9.17) is 4.74 Å². The first-order chi connectivity index (χ1) is 7.72. The van der Waals surface area contributed by atoms with Gasteiger partial charge < -0.3 is 10.1 Å². The van der Waals surface area contributed by atoms with Crippen LogP contribution in [0.25, 0.3) is 0 Å². The standard InChI is InChI=1S/C12H14NO3/c1-10(15)16-7-6-11-2-4-12(5-3-11)8-13-9-14/h2-5H,6-8H2,1H3,(H,13,14). The third kappa shape index (κ3) is 4.59. The highest BCUT2D eigenvalue weighted by Gasteiger charge is 1.97. The highest BCUT2D eigenvalue weighted by atomic mass is 16.5. The van der Waals surface area contributed by atoms with E-state index in [0.717, 1.165) is 11.1 Å². The minimum absolute atomic E-state index is 0.262. The molecule has 1 aromatic rings. The van der Waals surface area contributed by atoms with Crippen LogP contribution in [-0.2, 0) is 27.3 Å². The van der Waals surface area contributed by atoms with Gasteiger partial charge in [0.15, 0.2) is 0 Å². The van der Waals surface area contributed by atoms with Crippen LogP contribution in [-0.4, -0.2) is 19.0 Å². The van der Waals surface area contributed by atoms with Gasteiger partial charge in [-0.05, 0) is 11.1 Å². The molecule has 0 heterocycles. The zero-order chi connectivity index (χ0) is 11.8. The zero-order valence-corrected chi connectivity index (χ0v) is 9.16. The van der Waals surface area contributed by atoms with E-state index in [1.165, 1.54) is 6.92 Å². The lowest BCUT2D eigenvalue weighted by Crippen LogP contribution is -2.09. The Balaban J connectivity index is 2.38. The number of benzene rings is 1. The van der Waals surface area contributed by atoms with Crippen molar-refractivity contribution in [2.45, 2.75) is 19.9 Å². The Labute approximate surface area is 94.6 Å². The molecular weight excluding hydrogens is 206 g/mol. The summed E-state index contributed by atoms with van der Waals surface area (Å²) in [5, 5.41) is 2.47. The molecule has 0 aliphatic carbocycles. The lowest BCUT2D eigenvalue weighted by atomic mass is 10.1. The monoisotopic (exact) mass is 220 g/mol. The maximum absolute atomic E-state index is 10.5. The van der Waals surface area contributed by atoms with E-state index in [1.807, 2.05) is 24.3 Å². The molecule has 0 spiro atoms. The summed E-state index contributed by atoms with van der Waals surface area (Å²) in [7, 11) is 0. The number of amides is 1. The summed E-state index contributed by atoms with van der Waals surface area (Å²) >= 11 is 0. The molecule has 1 amide bonds. The Kier molecular flexibility index (Phi) is 5.05. The van der Waals surface area contributed by atoms with Crippen molar-refractivity contribution in [1.29, 1.82) is 0 Å². The summed E-state index contributed by atoms with van der Waals surface area (Å²) in [6.07, 6.45) is 2.32. The molecule has 0 bridgehead atoms. The molecule has 85 valence electrons. The molecule has 0 unspecified atom stereocenters.